The van der Waals surface area contributed by atoms with E-state index in [-0.39, 0.29) is 30.3 Å². The van der Waals surface area contributed by atoms with Gasteiger partial charge in [-0.05, 0) is 62.3 Å². The Labute approximate surface area is 174 Å². The zero-order valence-corrected chi connectivity index (χ0v) is 18.0. The van der Waals surface area contributed by atoms with E-state index in [1.807, 2.05) is 17.0 Å². The van der Waals surface area contributed by atoms with Gasteiger partial charge in [0.25, 0.3) is 0 Å². The van der Waals surface area contributed by atoms with Crippen LogP contribution in [0, 0.1) is 5.92 Å². The molecule has 28 heavy (non-hydrogen) atoms. The molecule has 2 saturated heterocycles. The SMILES string of the molecule is CC1CNCCN1C(=O)C1CCN(S(=O)(=O)c2ccc3c(c2)CCC3)CC1.Cl. The standard InChI is InChI=1S/C20H29N3O3S.ClH/c1-15-14-21-9-12-23(15)20(24)17-7-10-22(11-8-17)27(25,26)19-6-5-16-3-2-4-18(16)13-19;/h5-6,13,15,17,21H,2-4,7-12,14H2,1H3;1H. The van der Waals surface area contributed by atoms with Gasteiger partial charge in [-0.2, -0.15) is 4.31 Å². The third-order valence-electron chi connectivity index (χ3n) is 6.30. The molecule has 3 aliphatic rings. The number of aryl methyl sites for hydroxylation is 2. The number of nitrogens with one attached hydrogen (secondary N) is 1. The number of sulfonamides is 1. The molecule has 1 N–H and O–H groups in total. The zero-order chi connectivity index (χ0) is 19.0. The Morgan fingerprint density at radius 2 is 1.82 bits per heavy atom. The van der Waals surface area contributed by atoms with E-state index in [0.717, 1.165) is 38.9 Å². The van der Waals surface area contributed by atoms with Gasteiger partial charge in [0.05, 0.1) is 4.90 Å². The molecule has 0 aromatic heterocycles. The fraction of sp³-hybridized carbons (Fsp3) is 0.650. The van der Waals surface area contributed by atoms with E-state index in [4.69, 9.17) is 0 Å². The summed E-state index contributed by atoms with van der Waals surface area (Å²) in [6.07, 6.45) is 4.35. The summed E-state index contributed by atoms with van der Waals surface area (Å²) in [5, 5.41) is 3.30. The number of piperazine rings is 1. The number of benzene rings is 1. The maximum absolute atomic E-state index is 13.0. The number of carbonyl (C=O) groups excluding carboxylic acids is 1. The van der Waals surface area contributed by atoms with Crippen LogP contribution in [0.1, 0.15) is 37.3 Å². The Hall–Kier alpha value is -1.15. The molecule has 2 aliphatic heterocycles. The highest BCUT2D eigenvalue weighted by Gasteiger charge is 2.35. The molecule has 1 atom stereocenters. The Morgan fingerprint density at radius 3 is 2.54 bits per heavy atom. The average Bonchev–Trinajstić information content (AvgIpc) is 3.16. The minimum Gasteiger partial charge on any atom is -0.337 e. The smallest absolute Gasteiger partial charge is 0.243 e. The molecule has 8 heteroatoms. The molecule has 1 aliphatic carbocycles. The number of halogens is 1. The third-order valence-corrected chi connectivity index (χ3v) is 8.19. The van der Waals surface area contributed by atoms with E-state index in [0.29, 0.717) is 30.8 Å². The second kappa shape index (κ2) is 8.69. The largest absolute Gasteiger partial charge is 0.337 e. The van der Waals surface area contributed by atoms with Crippen LogP contribution in [0.15, 0.2) is 23.1 Å². The number of piperidine rings is 1. The lowest BCUT2D eigenvalue weighted by molar-refractivity contribution is -0.139. The number of nitrogens with zero attached hydrogens (tertiary/aromatic N) is 2. The van der Waals surface area contributed by atoms with Crippen LogP contribution in [0.25, 0.3) is 0 Å². The van der Waals surface area contributed by atoms with Crippen LogP contribution >= 0.6 is 12.4 Å². The van der Waals surface area contributed by atoms with Gasteiger partial charge in [0.15, 0.2) is 0 Å². The van der Waals surface area contributed by atoms with Gasteiger partial charge < -0.3 is 10.2 Å². The molecule has 0 bridgehead atoms. The fourth-order valence-electron chi connectivity index (χ4n) is 4.60. The zero-order valence-electron chi connectivity index (χ0n) is 16.4. The topological polar surface area (TPSA) is 69.7 Å². The Bertz CT molecular complexity index is 822. The van der Waals surface area contributed by atoms with Crippen LogP contribution in [-0.4, -0.2) is 62.3 Å². The van der Waals surface area contributed by atoms with E-state index >= 15 is 0 Å². The summed E-state index contributed by atoms with van der Waals surface area (Å²) < 4.78 is 27.6. The van der Waals surface area contributed by atoms with Crippen LogP contribution in [0.5, 0.6) is 0 Å². The molecule has 6 nitrogen and oxygen atoms in total. The molecule has 1 amide bonds. The van der Waals surface area contributed by atoms with E-state index in [9.17, 15) is 13.2 Å². The van der Waals surface area contributed by atoms with Gasteiger partial charge in [-0.1, -0.05) is 6.07 Å². The van der Waals surface area contributed by atoms with Crippen molar-refractivity contribution >= 4 is 28.3 Å². The van der Waals surface area contributed by atoms with E-state index < -0.39 is 10.0 Å². The lowest BCUT2D eigenvalue weighted by atomic mass is 9.95. The summed E-state index contributed by atoms with van der Waals surface area (Å²) in [6, 6.07) is 5.78. The van der Waals surface area contributed by atoms with Crippen molar-refractivity contribution in [3.63, 3.8) is 0 Å². The van der Waals surface area contributed by atoms with Gasteiger partial charge in [-0.3, -0.25) is 4.79 Å². The number of hydrogen-bond donors (Lipinski definition) is 1. The first kappa shape index (κ1) is 21.6. The molecule has 156 valence electrons. The van der Waals surface area contributed by atoms with Crippen molar-refractivity contribution in [2.75, 3.05) is 32.7 Å². The first-order valence-corrected chi connectivity index (χ1v) is 11.5. The minimum absolute atomic E-state index is 0. The van der Waals surface area contributed by atoms with Crippen molar-refractivity contribution in [2.24, 2.45) is 5.92 Å². The number of fused-ring (bicyclic) bond motifs is 1. The maximum atomic E-state index is 13.0. The summed E-state index contributed by atoms with van der Waals surface area (Å²) in [4.78, 5) is 15.2. The van der Waals surface area contributed by atoms with Crippen LogP contribution in [-0.2, 0) is 27.7 Å². The van der Waals surface area contributed by atoms with Crippen LogP contribution in [0.4, 0.5) is 0 Å². The molecule has 4 rings (SSSR count). The van der Waals surface area contributed by atoms with Crippen molar-refractivity contribution in [2.45, 2.75) is 50.0 Å². The molecule has 2 fully saturated rings. The number of amides is 1. The van der Waals surface area contributed by atoms with Gasteiger partial charge in [0, 0.05) is 44.7 Å². The highest BCUT2D eigenvalue weighted by Crippen LogP contribution is 2.29. The van der Waals surface area contributed by atoms with E-state index in [1.54, 1.807) is 10.4 Å². The highest BCUT2D eigenvalue weighted by molar-refractivity contribution is 7.89. The van der Waals surface area contributed by atoms with Gasteiger partial charge in [-0.25, -0.2) is 8.42 Å². The molecular formula is C20H30ClN3O3S. The van der Waals surface area contributed by atoms with Crippen molar-refractivity contribution < 1.29 is 13.2 Å². The fourth-order valence-corrected chi connectivity index (χ4v) is 6.12. The summed E-state index contributed by atoms with van der Waals surface area (Å²) in [7, 11) is -3.47. The Kier molecular flexibility index (Phi) is 6.69. The lowest BCUT2D eigenvalue weighted by Crippen LogP contribution is -2.55. The number of hydrogen-bond acceptors (Lipinski definition) is 4. The lowest BCUT2D eigenvalue weighted by Gasteiger charge is -2.38. The molecule has 0 saturated carbocycles. The molecular weight excluding hydrogens is 398 g/mol. The van der Waals surface area contributed by atoms with Gasteiger partial charge in [0.2, 0.25) is 15.9 Å². The van der Waals surface area contributed by atoms with Crippen LogP contribution < -0.4 is 5.32 Å². The molecule has 1 unspecified atom stereocenters. The maximum Gasteiger partial charge on any atom is 0.243 e. The van der Waals surface area contributed by atoms with Crippen LogP contribution in [0.2, 0.25) is 0 Å². The van der Waals surface area contributed by atoms with Crippen LogP contribution in [0.3, 0.4) is 0 Å². The number of carbonyl (C=O) groups is 1. The molecule has 1 aromatic carbocycles. The van der Waals surface area contributed by atoms with Gasteiger partial charge in [0.1, 0.15) is 0 Å². The second-order valence-corrected chi connectivity index (χ2v) is 9.99. The highest BCUT2D eigenvalue weighted by atomic mass is 35.5. The summed E-state index contributed by atoms with van der Waals surface area (Å²) in [5.74, 6) is 0.135. The first-order valence-electron chi connectivity index (χ1n) is 10.1. The van der Waals surface area contributed by atoms with Crippen molar-refractivity contribution in [1.29, 1.82) is 0 Å². The monoisotopic (exact) mass is 427 g/mol. The van der Waals surface area contributed by atoms with Crippen molar-refractivity contribution in [3.8, 4) is 0 Å². The predicted octanol–water partition coefficient (Wildman–Crippen LogP) is 1.82. The Balaban J connectivity index is 0.00000225. The molecule has 2 heterocycles. The molecule has 0 spiro atoms. The number of rotatable bonds is 3. The van der Waals surface area contributed by atoms with Gasteiger partial charge >= 0.3 is 0 Å². The third kappa shape index (κ3) is 4.08. The second-order valence-electron chi connectivity index (χ2n) is 8.05. The van der Waals surface area contributed by atoms with Crippen molar-refractivity contribution in [1.82, 2.24) is 14.5 Å². The summed E-state index contributed by atoms with van der Waals surface area (Å²) in [6.45, 7) is 5.33. The Morgan fingerprint density at radius 1 is 1.11 bits per heavy atom. The molecule has 0 radical (unpaired) electrons. The quantitative estimate of drug-likeness (QED) is 0.798. The van der Waals surface area contributed by atoms with E-state index in [1.165, 1.54) is 11.1 Å². The summed E-state index contributed by atoms with van der Waals surface area (Å²) >= 11 is 0. The first-order chi connectivity index (χ1) is 13.0. The van der Waals surface area contributed by atoms with Crippen molar-refractivity contribution in [3.05, 3.63) is 29.3 Å². The summed E-state index contributed by atoms with van der Waals surface area (Å²) in [5.41, 5.74) is 2.46. The average molecular weight is 428 g/mol. The minimum atomic E-state index is -3.47. The van der Waals surface area contributed by atoms with Gasteiger partial charge in [-0.15, -0.1) is 12.4 Å². The van der Waals surface area contributed by atoms with E-state index in [2.05, 4.69) is 12.2 Å². The molecule has 1 aromatic rings. The normalized spacial score (nSPS) is 23.9. The predicted molar refractivity (Wildman–Crippen MR) is 111 cm³/mol.